The van der Waals surface area contributed by atoms with Crippen molar-refractivity contribution < 1.29 is 14.7 Å². The van der Waals surface area contributed by atoms with Gasteiger partial charge in [-0.3, -0.25) is 9.59 Å². The maximum absolute atomic E-state index is 11.4. The molecule has 1 radical (unpaired) electrons. The summed E-state index contributed by atoms with van der Waals surface area (Å²) < 4.78 is 0. The molecule has 1 aromatic carbocycles. The summed E-state index contributed by atoms with van der Waals surface area (Å²) in [5.41, 5.74) is 0.457. The summed E-state index contributed by atoms with van der Waals surface area (Å²) in [4.78, 5) is 21.6. The zero-order valence-corrected chi connectivity index (χ0v) is 11.1. The SMILES string of the molecule is O=C(O)CCC(=O)c1cccc(Cl)c1.[Na]. The van der Waals surface area contributed by atoms with Gasteiger partial charge >= 0.3 is 5.97 Å². The molecule has 0 unspecified atom stereocenters. The number of hydrogen-bond donors (Lipinski definition) is 1. The molecule has 0 amide bonds. The molecule has 0 aliphatic rings. The van der Waals surface area contributed by atoms with Crippen LogP contribution in [0.3, 0.4) is 0 Å². The van der Waals surface area contributed by atoms with Crippen molar-refractivity contribution in [2.75, 3.05) is 0 Å². The molecule has 0 aliphatic carbocycles. The molecule has 0 atom stereocenters. The van der Waals surface area contributed by atoms with Gasteiger partial charge in [0.1, 0.15) is 0 Å². The van der Waals surface area contributed by atoms with E-state index in [1.165, 1.54) is 6.07 Å². The van der Waals surface area contributed by atoms with Gasteiger partial charge in [0.15, 0.2) is 5.78 Å². The van der Waals surface area contributed by atoms with Crippen molar-refractivity contribution in [2.45, 2.75) is 12.8 Å². The molecule has 0 fully saturated rings. The number of carboxylic acid groups (broad SMARTS) is 1. The molecule has 0 spiro atoms. The summed E-state index contributed by atoms with van der Waals surface area (Å²) >= 11 is 5.68. The van der Waals surface area contributed by atoms with E-state index in [9.17, 15) is 9.59 Å². The number of hydrogen-bond acceptors (Lipinski definition) is 2. The first-order valence-corrected chi connectivity index (χ1v) is 4.48. The first kappa shape index (κ1) is 14.6. The van der Waals surface area contributed by atoms with Crippen molar-refractivity contribution >= 4 is 52.9 Å². The molecule has 1 N–H and O–H groups in total. The quantitative estimate of drug-likeness (QED) is 0.642. The van der Waals surface area contributed by atoms with Crippen LogP contribution in [0.5, 0.6) is 0 Å². The van der Waals surface area contributed by atoms with E-state index in [2.05, 4.69) is 0 Å². The minimum absolute atomic E-state index is 0. The van der Waals surface area contributed by atoms with Crippen LogP contribution in [0.4, 0.5) is 0 Å². The molecular weight excluding hydrogens is 227 g/mol. The second-order valence-electron chi connectivity index (χ2n) is 2.83. The molecule has 0 aromatic heterocycles. The Kier molecular flexibility index (Phi) is 6.85. The van der Waals surface area contributed by atoms with Gasteiger partial charge in [0.25, 0.3) is 0 Å². The summed E-state index contributed by atoms with van der Waals surface area (Å²) in [5, 5.41) is 8.86. The second kappa shape index (κ2) is 7.01. The van der Waals surface area contributed by atoms with Crippen LogP contribution in [-0.2, 0) is 4.79 Å². The monoisotopic (exact) mass is 235 g/mol. The van der Waals surface area contributed by atoms with Crippen LogP contribution in [0.2, 0.25) is 5.02 Å². The van der Waals surface area contributed by atoms with Gasteiger partial charge in [0, 0.05) is 46.6 Å². The van der Waals surface area contributed by atoms with E-state index < -0.39 is 5.97 Å². The summed E-state index contributed by atoms with van der Waals surface area (Å²) in [7, 11) is 0. The fraction of sp³-hybridized carbons (Fsp3) is 0.200. The third kappa shape index (κ3) is 5.33. The Balaban J connectivity index is 0.00000196. The molecule has 0 heterocycles. The van der Waals surface area contributed by atoms with E-state index in [4.69, 9.17) is 16.7 Å². The van der Waals surface area contributed by atoms with Crippen LogP contribution < -0.4 is 0 Å². The molecule has 75 valence electrons. The first-order chi connectivity index (χ1) is 6.59. The molecule has 1 aromatic rings. The molecule has 0 saturated carbocycles. The first-order valence-electron chi connectivity index (χ1n) is 4.10. The minimum Gasteiger partial charge on any atom is -0.481 e. The zero-order valence-electron chi connectivity index (χ0n) is 8.37. The number of carbonyl (C=O) groups is 2. The van der Waals surface area contributed by atoms with Crippen molar-refractivity contribution in [2.24, 2.45) is 0 Å². The van der Waals surface area contributed by atoms with Gasteiger partial charge in [-0.15, -0.1) is 0 Å². The maximum Gasteiger partial charge on any atom is 0.303 e. The van der Waals surface area contributed by atoms with E-state index in [0.717, 1.165) is 0 Å². The van der Waals surface area contributed by atoms with E-state index in [1.54, 1.807) is 18.2 Å². The van der Waals surface area contributed by atoms with E-state index in [0.29, 0.717) is 10.6 Å². The topological polar surface area (TPSA) is 54.4 Å². The Morgan fingerprint density at radius 2 is 1.93 bits per heavy atom. The number of carbonyl (C=O) groups excluding carboxylic acids is 1. The smallest absolute Gasteiger partial charge is 0.303 e. The van der Waals surface area contributed by atoms with Crippen molar-refractivity contribution in [3.8, 4) is 0 Å². The van der Waals surface area contributed by atoms with Crippen LogP contribution >= 0.6 is 11.6 Å². The summed E-state index contributed by atoms with van der Waals surface area (Å²) in [5.74, 6) is -1.17. The summed E-state index contributed by atoms with van der Waals surface area (Å²) in [6.07, 6.45) is -0.138. The van der Waals surface area contributed by atoms with Crippen LogP contribution in [0, 0.1) is 0 Å². The number of aliphatic carboxylic acids is 1. The number of halogens is 1. The standard InChI is InChI=1S/C10H9ClO3.Na/c11-8-3-1-2-7(6-8)9(12)4-5-10(13)14;/h1-3,6H,4-5H2,(H,13,14);. The van der Waals surface area contributed by atoms with Gasteiger partial charge < -0.3 is 5.11 Å². The van der Waals surface area contributed by atoms with E-state index in [1.807, 2.05) is 0 Å². The summed E-state index contributed by atoms with van der Waals surface area (Å²) in [6, 6.07) is 6.48. The van der Waals surface area contributed by atoms with Gasteiger partial charge in [0.05, 0.1) is 6.42 Å². The Bertz CT molecular complexity index is 365. The molecule has 3 nitrogen and oxygen atoms in total. The average molecular weight is 236 g/mol. The third-order valence-electron chi connectivity index (χ3n) is 1.71. The van der Waals surface area contributed by atoms with Gasteiger partial charge in [-0.05, 0) is 12.1 Å². The molecular formula is C10H9ClNaO3. The van der Waals surface area contributed by atoms with Gasteiger partial charge in [-0.25, -0.2) is 0 Å². The number of ketones is 1. The Morgan fingerprint density at radius 3 is 2.47 bits per heavy atom. The number of benzene rings is 1. The summed E-state index contributed by atoms with van der Waals surface area (Å²) in [6.45, 7) is 0. The van der Waals surface area contributed by atoms with Crippen molar-refractivity contribution in [3.05, 3.63) is 34.9 Å². The van der Waals surface area contributed by atoms with Crippen LogP contribution in [0.1, 0.15) is 23.2 Å². The van der Waals surface area contributed by atoms with Crippen LogP contribution in [0.15, 0.2) is 24.3 Å². The van der Waals surface area contributed by atoms with Crippen LogP contribution in [0.25, 0.3) is 0 Å². The second-order valence-corrected chi connectivity index (χ2v) is 3.26. The Hall–Kier alpha value is -0.350. The molecule has 15 heavy (non-hydrogen) atoms. The minimum atomic E-state index is -0.972. The van der Waals surface area contributed by atoms with Gasteiger partial charge in [-0.2, -0.15) is 0 Å². The fourth-order valence-electron chi connectivity index (χ4n) is 1.03. The average Bonchev–Trinajstić information content (AvgIpc) is 2.14. The van der Waals surface area contributed by atoms with Crippen LogP contribution in [-0.4, -0.2) is 46.4 Å². The number of carboxylic acids is 1. The predicted molar refractivity (Wildman–Crippen MR) is 58.4 cm³/mol. The zero-order chi connectivity index (χ0) is 10.6. The van der Waals surface area contributed by atoms with E-state index in [-0.39, 0.29) is 48.2 Å². The normalized spacial score (nSPS) is 9.13. The van der Waals surface area contributed by atoms with E-state index >= 15 is 0 Å². The number of Topliss-reactive ketones (excluding diaryl/α,β-unsaturated/α-hetero) is 1. The Labute approximate surface area is 115 Å². The van der Waals surface area contributed by atoms with Crippen molar-refractivity contribution in [1.82, 2.24) is 0 Å². The molecule has 1 rings (SSSR count). The predicted octanol–water partition coefficient (Wildman–Crippen LogP) is 2.01. The largest absolute Gasteiger partial charge is 0.481 e. The third-order valence-corrected chi connectivity index (χ3v) is 1.95. The number of rotatable bonds is 4. The molecule has 0 saturated heterocycles. The Morgan fingerprint density at radius 1 is 1.27 bits per heavy atom. The molecule has 0 bridgehead atoms. The van der Waals surface area contributed by atoms with Gasteiger partial charge in [-0.1, -0.05) is 23.7 Å². The van der Waals surface area contributed by atoms with Crippen molar-refractivity contribution in [1.29, 1.82) is 0 Å². The maximum atomic E-state index is 11.4. The molecule has 5 heteroatoms. The fourth-order valence-corrected chi connectivity index (χ4v) is 1.22. The molecule has 0 aliphatic heterocycles. The van der Waals surface area contributed by atoms with Crippen molar-refractivity contribution in [3.63, 3.8) is 0 Å². The van der Waals surface area contributed by atoms with Gasteiger partial charge in [0.2, 0.25) is 0 Å².